The van der Waals surface area contributed by atoms with Crippen LogP contribution in [0.3, 0.4) is 0 Å². The summed E-state index contributed by atoms with van der Waals surface area (Å²) in [5, 5.41) is 3.58. The van der Waals surface area contributed by atoms with E-state index in [2.05, 4.69) is 26.2 Å². The number of benzene rings is 1. The number of nitrogens with one attached hydrogen (secondary N) is 1. The molecule has 0 unspecified atom stereocenters. The van der Waals surface area contributed by atoms with Gasteiger partial charge in [-0.1, -0.05) is 35.9 Å². The molecule has 2 aliphatic rings. The van der Waals surface area contributed by atoms with Gasteiger partial charge in [-0.2, -0.15) is 12.7 Å². The quantitative estimate of drug-likeness (QED) is 0.526. The van der Waals surface area contributed by atoms with E-state index >= 15 is 4.39 Å². The molecule has 2 aromatic heterocycles. The van der Waals surface area contributed by atoms with Crippen LogP contribution in [-0.2, 0) is 23.2 Å². The number of hydrogen-bond donors (Lipinski definition) is 1. The standard InChI is InChI=1S/C25H25FN4O5S/c1-34-23-14-18(7-6-17-4-2-3-5-17)20(26)15-22(23)30-21-10-12-29(16-19(21)8-9-25(30)31)36(32,33)28-24-11-13-35-27-24/h8-9,11,13-15,17H,2-5,10,12,16H2,1H3,(H,27,28). The molecule has 1 fully saturated rings. The van der Waals surface area contributed by atoms with Crippen molar-refractivity contribution < 1.29 is 22.1 Å². The van der Waals surface area contributed by atoms with Crippen molar-refractivity contribution in [1.29, 1.82) is 0 Å². The molecule has 0 radical (unpaired) electrons. The summed E-state index contributed by atoms with van der Waals surface area (Å²) in [7, 11) is -2.45. The van der Waals surface area contributed by atoms with Gasteiger partial charge in [-0.3, -0.25) is 14.1 Å². The van der Waals surface area contributed by atoms with E-state index in [1.54, 1.807) is 6.07 Å². The molecular weight excluding hydrogens is 487 g/mol. The van der Waals surface area contributed by atoms with Gasteiger partial charge in [-0.25, -0.2) is 4.39 Å². The Kier molecular flexibility index (Phi) is 6.55. The van der Waals surface area contributed by atoms with Gasteiger partial charge < -0.3 is 9.26 Å². The van der Waals surface area contributed by atoms with Crippen LogP contribution in [-0.4, -0.2) is 36.1 Å². The molecule has 1 aromatic carbocycles. The minimum absolute atomic E-state index is 0.0263. The van der Waals surface area contributed by atoms with Gasteiger partial charge in [0.25, 0.3) is 5.56 Å². The van der Waals surface area contributed by atoms with Crippen LogP contribution in [0.25, 0.3) is 5.69 Å². The highest BCUT2D eigenvalue weighted by molar-refractivity contribution is 7.90. The van der Waals surface area contributed by atoms with Crippen LogP contribution in [0, 0.1) is 23.6 Å². The Hall–Kier alpha value is -3.62. The van der Waals surface area contributed by atoms with E-state index in [-0.39, 0.29) is 48.1 Å². The first-order valence-electron chi connectivity index (χ1n) is 11.7. The Morgan fingerprint density at radius 3 is 2.75 bits per heavy atom. The lowest BCUT2D eigenvalue weighted by Gasteiger charge is -2.29. The smallest absolute Gasteiger partial charge is 0.303 e. The maximum atomic E-state index is 15.1. The summed E-state index contributed by atoms with van der Waals surface area (Å²) in [6, 6.07) is 7.10. The van der Waals surface area contributed by atoms with Crippen LogP contribution in [0.4, 0.5) is 10.2 Å². The molecular formula is C25H25FN4O5S. The molecule has 0 bridgehead atoms. The second kappa shape index (κ2) is 9.79. The largest absolute Gasteiger partial charge is 0.495 e. The molecule has 5 rings (SSSR count). The van der Waals surface area contributed by atoms with E-state index in [0.717, 1.165) is 25.7 Å². The van der Waals surface area contributed by atoms with Crippen molar-refractivity contribution in [2.75, 3.05) is 18.4 Å². The Morgan fingerprint density at radius 1 is 1.22 bits per heavy atom. The zero-order valence-corrected chi connectivity index (χ0v) is 20.5. The van der Waals surface area contributed by atoms with Gasteiger partial charge in [0.2, 0.25) is 0 Å². The number of hydrogen-bond acceptors (Lipinski definition) is 6. The summed E-state index contributed by atoms with van der Waals surface area (Å²) >= 11 is 0. The number of rotatable bonds is 5. The maximum Gasteiger partial charge on any atom is 0.303 e. The summed E-state index contributed by atoms with van der Waals surface area (Å²) in [6.07, 6.45) is 5.83. The molecule has 3 heterocycles. The molecule has 1 N–H and O–H groups in total. The van der Waals surface area contributed by atoms with Crippen molar-refractivity contribution in [3.05, 3.63) is 69.6 Å². The van der Waals surface area contributed by atoms with E-state index in [9.17, 15) is 13.2 Å². The lowest BCUT2D eigenvalue weighted by molar-refractivity contribution is 0.384. The topological polar surface area (TPSA) is 107 Å². The van der Waals surface area contributed by atoms with Crippen LogP contribution < -0.4 is 15.0 Å². The SMILES string of the molecule is COc1cc(C#CC2CCCC2)c(F)cc1-n1c2c(ccc1=O)CN(S(=O)(=O)Nc1ccon1)CC2. The third-order valence-corrected chi connectivity index (χ3v) is 7.98. The number of pyridine rings is 1. The van der Waals surface area contributed by atoms with Crippen molar-refractivity contribution in [3.8, 4) is 23.3 Å². The third kappa shape index (κ3) is 4.74. The van der Waals surface area contributed by atoms with Gasteiger partial charge in [-0.15, -0.1) is 0 Å². The summed E-state index contributed by atoms with van der Waals surface area (Å²) in [5.74, 6) is 6.21. The highest BCUT2D eigenvalue weighted by atomic mass is 32.2. The third-order valence-electron chi connectivity index (χ3n) is 6.52. The van der Waals surface area contributed by atoms with Crippen LogP contribution in [0.15, 0.2) is 45.9 Å². The van der Waals surface area contributed by atoms with Gasteiger partial charge in [-0.05, 0) is 18.4 Å². The molecule has 9 nitrogen and oxygen atoms in total. The summed E-state index contributed by atoms with van der Waals surface area (Å²) < 4.78 is 55.9. The lowest BCUT2D eigenvalue weighted by Crippen LogP contribution is -2.41. The molecule has 0 saturated heterocycles. The van der Waals surface area contributed by atoms with Crippen LogP contribution >= 0.6 is 0 Å². The molecule has 0 atom stereocenters. The van der Waals surface area contributed by atoms with E-state index in [4.69, 9.17) is 4.74 Å². The number of halogens is 1. The van der Waals surface area contributed by atoms with E-state index in [0.29, 0.717) is 17.0 Å². The molecule has 1 saturated carbocycles. The Balaban J connectivity index is 1.49. The zero-order chi connectivity index (χ0) is 25.3. The lowest BCUT2D eigenvalue weighted by atomic mass is 10.0. The highest BCUT2D eigenvalue weighted by Gasteiger charge is 2.30. The molecule has 188 valence electrons. The number of fused-ring (bicyclic) bond motifs is 1. The predicted octanol–water partition coefficient (Wildman–Crippen LogP) is 3.23. The van der Waals surface area contributed by atoms with Crippen LogP contribution in [0.1, 0.15) is 42.5 Å². The van der Waals surface area contributed by atoms with E-state index in [1.807, 2.05) is 0 Å². The number of anilines is 1. The van der Waals surface area contributed by atoms with Gasteiger partial charge in [0.1, 0.15) is 17.8 Å². The molecule has 3 aromatic rings. The number of aromatic nitrogens is 2. The summed E-state index contributed by atoms with van der Waals surface area (Å²) in [6.45, 7) is 0.137. The van der Waals surface area contributed by atoms with E-state index < -0.39 is 16.0 Å². The first-order valence-corrected chi connectivity index (χ1v) is 13.1. The first kappa shape index (κ1) is 24.1. The van der Waals surface area contributed by atoms with Crippen molar-refractivity contribution in [2.45, 2.75) is 38.6 Å². The molecule has 11 heteroatoms. The van der Waals surface area contributed by atoms with Gasteiger partial charge >= 0.3 is 10.2 Å². The normalized spacial score (nSPS) is 16.3. The van der Waals surface area contributed by atoms with Crippen molar-refractivity contribution >= 4 is 16.0 Å². The number of ether oxygens (including phenoxy) is 1. The fourth-order valence-corrected chi connectivity index (χ4v) is 5.83. The fraction of sp³-hybridized carbons (Fsp3) is 0.360. The molecule has 1 aliphatic heterocycles. The number of nitrogens with zero attached hydrogens (tertiary/aromatic N) is 3. The zero-order valence-electron chi connectivity index (χ0n) is 19.7. The van der Waals surface area contributed by atoms with E-state index in [1.165, 1.54) is 46.5 Å². The minimum atomic E-state index is -3.90. The fourth-order valence-electron chi connectivity index (χ4n) is 4.69. The second-order valence-electron chi connectivity index (χ2n) is 8.81. The Labute approximate surface area is 208 Å². The Bertz CT molecular complexity index is 1500. The second-order valence-corrected chi connectivity index (χ2v) is 10.5. The molecule has 36 heavy (non-hydrogen) atoms. The van der Waals surface area contributed by atoms with Crippen LogP contribution in [0.5, 0.6) is 5.75 Å². The highest BCUT2D eigenvalue weighted by Crippen LogP contribution is 2.30. The summed E-state index contributed by atoms with van der Waals surface area (Å²) in [4.78, 5) is 12.9. The van der Waals surface area contributed by atoms with Gasteiger partial charge in [0.05, 0.1) is 18.4 Å². The van der Waals surface area contributed by atoms with Crippen LogP contribution in [0.2, 0.25) is 0 Å². The molecule has 1 aliphatic carbocycles. The summed E-state index contributed by atoms with van der Waals surface area (Å²) in [5.41, 5.74) is 1.32. The van der Waals surface area contributed by atoms with Crippen molar-refractivity contribution in [1.82, 2.24) is 14.0 Å². The van der Waals surface area contributed by atoms with Crippen molar-refractivity contribution in [2.24, 2.45) is 5.92 Å². The van der Waals surface area contributed by atoms with Gasteiger partial charge in [0, 0.05) is 55.4 Å². The molecule has 0 spiro atoms. The van der Waals surface area contributed by atoms with Gasteiger partial charge in [0.15, 0.2) is 5.82 Å². The predicted molar refractivity (Wildman–Crippen MR) is 131 cm³/mol. The first-order chi connectivity index (χ1) is 17.4. The molecule has 0 amide bonds. The number of methoxy groups -OCH3 is 1. The monoisotopic (exact) mass is 512 g/mol. The Morgan fingerprint density at radius 2 is 2.03 bits per heavy atom. The average molecular weight is 513 g/mol. The maximum absolute atomic E-state index is 15.1. The minimum Gasteiger partial charge on any atom is -0.495 e. The average Bonchev–Trinajstić information content (AvgIpc) is 3.57. The van der Waals surface area contributed by atoms with Crippen molar-refractivity contribution in [3.63, 3.8) is 0 Å².